The van der Waals surface area contributed by atoms with E-state index in [9.17, 15) is 4.79 Å². The number of carbonyl (C=O) groups is 1. The van der Waals surface area contributed by atoms with E-state index < -0.39 is 11.5 Å². The van der Waals surface area contributed by atoms with Crippen LogP contribution in [0.3, 0.4) is 0 Å². The molecule has 0 aliphatic carbocycles. The molecule has 0 bridgehead atoms. The summed E-state index contributed by atoms with van der Waals surface area (Å²) in [4.78, 5) is 11.3. The van der Waals surface area contributed by atoms with E-state index in [1.54, 1.807) is 6.92 Å². The molecule has 90 valence electrons. The number of benzene rings is 1. The SMILES string of the molecule is COC(=O)[C@@](C)(N)Cc1ccc(Br)cc1.Cl. The Morgan fingerprint density at radius 3 is 2.38 bits per heavy atom. The normalized spacial score (nSPS) is 13.5. The van der Waals surface area contributed by atoms with Gasteiger partial charge in [-0.1, -0.05) is 28.1 Å². The van der Waals surface area contributed by atoms with Gasteiger partial charge in [-0.3, -0.25) is 4.79 Å². The number of methoxy groups -OCH3 is 1. The summed E-state index contributed by atoms with van der Waals surface area (Å²) in [5.41, 5.74) is 5.89. The predicted molar refractivity (Wildman–Crippen MR) is 69.7 cm³/mol. The monoisotopic (exact) mass is 307 g/mol. The highest BCUT2D eigenvalue weighted by Crippen LogP contribution is 2.15. The van der Waals surface area contributed by atoms with Crippen LogP contribution < -0.4 is 5.73 Å². The minimum absolute atomic E-state index is 0. The van der Waals surface area contributed by atoms with E-state index in [0.29, 0.717) is 6.42 Å². The van der Waals surface area contributed by atoms with Gasteiger partial charge in [-0.15, -0.1) is 12.4 Å². The van der Waals surface area contributed by atoms with Crippen molar-refractivity contribution >= 4 is 34.3 Å². The second-order valence-electron chi connectivity index (χ2n) is 3.71. The van der Waals surface area contributed by atoms with E-state index >= 15 is 0 Å². The third kappa shape index (κ3) is 4.12. The van der Waals surface area contributed by atoms with Crippen LogP contribution in [0.1, 0.15) is 12.5 Å². The van der Waals surface area contributed by atoms with Crippen molar-refractivity contribution in [1.29, 1.82) is 0 Å². The molecule has 0 heterocycles. The topological polar surface area (TPSA) is 52.3 Å². The van der Waals surface area contributed by atoms with Gasteiger partial charge in [-0.05, 0) is 24.6 Å². The Hall–Kier alpha value is -0.580. The maximum atomic E-state index is 11.3. The highest BCUT2D eigenvalue weighted by Gasteiger charge is 2.29. The van der Waals surface area contributed by atoms with Crippen molar-refractivity contribution < 1.29 is 9.53 Å². The van der Waals surface area contributed by atoms with Crippen molar-refractivity contribution in [3.05, 3.63) is 34.3 Å². The van der Waals surface area contributed by atoms with Crippen LogP contribution in [0.5, 0.6) is 0 Å². The molecule has 1 aromatic rings. The summed E-state index contributed by atoms with van der Waals surface area (Å²) in [5.74, 6) is -0.398. The molecule has 0 aliphatic rings. The Morgan fingerprint density at radius 2 is 1.94 bits per heavy atom. The summed E-state index contributed by atoms with van der Waals surface area (Å²) in [7, 11) is 1.34. The molecule has 16 heavy (non-hydrogen) atoms. The zero-order chi connectivity index (χ0) is 11.5. The van der Waals surface area contributed by atoms with Crippen molar-refractivity contribution in [2.75, 3.05) is 7.11 Å². The fourth-order valence-corrected chi connectivity index (χ4v) is 1.60. The van der Waals surface area contributed by atoms with Gasteiger partial charge in [-0.2, -0.15) is 0 Å². The summed E-state index contributed by atoms with van der Waals surface area (Å²) >= 11 is 3.34. The average Bonchev–Trinajstić information content (AvgIpc) is 2.20. The highest BCUT2D eigenvalue weighted by atomic mass is 79.9. The van der Waals surface area contributed by atoms with Crippen LogP contribution in [0.25, 0.3) is 0 Å². The first-order valence-electron chi connectivity index (χ1n) is 4.57. The van der Waals surface area contributed by atoms with E-state index in [4.69, 9.17) is 5.73 Å². The van der Waals surface area contributed by atoms with Crippen molar-refractivity contribution in [2.45, 2.75) is 18.9 Å². The number of ether oxygens (including phenoxy) is 1. The largest absolute Gasteiger partial charge is 0.468 e. The molecule has 1 rings (SSSR count). The summed E-state index contributed by atoms with van der Waals surface area (Å²) in [6.07, 6.45) is 0.465. The highest BCUT2D eigenvalue weighted by molar-refractivity contribution is 9.10. The number of halogens is 2. The van der Waals surface area contributed by atoms with E-state index in [1.165, 1.54) is 7.11 Å². The van der Waals surface area contributed by atoms with Gasteiger partial charge < -0.3 is 10.5 Å². The van der Waals surface area contributed by atoms with E-state index in [2.05, 4.69) is 20.7 Å². The second-order valence-corrected chi connectivity index (χ2v) is 4.63. The van der Waals surface area contributed by atoms with Crippen LogP contribution in [0, 0.1) is 0 Å². The predicted octanol–water partition coefficient (Wildman–Crippen LogP) is 2.30. The van der Waals surface area contributed by atoms with Crippen LogP contribution in [0.15, 0.2) is 28.7 Å². The van der Waals surface area contributed by atoms with Gasteiger partial charge in [0, 0.05) is 10.9 Å². The van der Waals surface area contributed by atoms with E-state index in [-0.39, 0.29) is 12.4 Å². The van der Waals surface area contributed by atoms with E-state index in [0.717, 1.165) is 10.0 Å². The molecule has 0 amide bonds. The van der Waals surface area contributed by atoms with Gasteiger partial charge in [0.15, 0.2) is 0 Å². The molecular weight excluding hydrogens is 293 g/mol. The van der Waals surface area contributed by atoms with Crippen molar-refractivity contribution in [3.63, 3.8) is 0 Å². The van der Waals surface area contributed by atoms with Crippen LogP contribution in [-0.4, -0.2) is 18.6 Å². The quantitative estimate of drug-likeness (QED) is 0.872. The van der Waals surface area contributed by atoms with Gasteiger partial charge in [0.1, 0.15) is 5.54 Å². The first-order valence-corrected chi connectivity index (χ1v) is 5.37. The van der Waals surface area contributed by atoms with Crippen molar-refractivity contribution in [1.82, 2.24) is 0 Å². The number of carbonyl (C=O) groups excluding carboxylic acids is 1. The third-order valence-electron chi connectivity index (χ3n) is 2.14. The summed E-state index contributed by atoms with van der Waals surface area (Å²) in [6, 6.07) is 7.70. The molecule has 1 aromatic carbocycles. The lowest BCUT2D eigenvalue weighted by atomic mass is 9.94. The van der Waals surface area contributed by atoms with Crippen LogP contribution in [-0.2, 0) is 16.0 Å². The molecule has 5 heteroatoms. The molecular formula is C11H15BrClNO2. The second kappa shape index (κ2) is 6.23. The maximum absolute atomic E-state index is 11.3. The van der Waals surface area contributed by atoms with Gasteiger partial charge >= 0.3 is 5.97 Å². The molecule has 0 unspecified atom stereocenters. The standard InChI is InChI=1S/C11H14BrNO2.ClH/c1-11(13,10(14)15-2)7-8-3-5-9(12)6-4-8;/h3-6H,7,13H2,1-2H3;1H/t11-;/m0./s1. The molecule has 0 aromatic heterocycles. The van der Waals surface area contributed by atoms with Gasteiger partial charge in [0.05, 0.1) is 7.11 Å². The average molecular weight is 309 g/mol. The summed E-state index contributed by atoms with van der Waals surface area (Å²) < 4.78 is 5.64. The minimum Gasteiger partial charge on any atom is -0.468 e. The van der Waals surface area contributed by atoms with Gasteiger partial charge in [0.2, 0.25) is 0 Å². The lowest BCUT2D eigenvalue weighted by Crippen LogP contribution is -2.47. The smallest absolute Gasteiger partial charge is 0.325 e. The Labute approximate surface area is 110 Å². The Kier molecular flexibility index (Phi) is 6.00. The molecule has 0 spiro atoms. The Balaban J connectivity index is 0.00000225. The molecule has 0 saturated heterocycles. The molecule has 1 atom stereocenters. The number of hydrogen-bond acceptors (Lipinski definition) is 3. The number of hydrogen-bond donors (Lipinski definition) is 1. The fraction of sp³-hybridized carbons (Fsp3) is 0.364. The van der Waals surface area contributed by atoms with Gasteiger partial charge in [0.25, 0.3) is 0 Å². The van der Waals surface area contributed by atoms with E-state index in [1.807, 2.05) is 24.3 Å². The third-order valence-corrected chi connectivity index (χ3v) is 2.66. The molecule has 0 aliphatic heterocycles. The number of rotatable bonds is 3. The number of nitrogens with two attached hydrogens (primary N) is 1. The molecule has 0 saturated carbocycles. The van der Waals surface area contributed by atoms with Crippen LogP contribution >= 0.6 is 28.3 Å². The zero-order valence-corrected chi connectivity index (χ0v) is 11.6. The lowest BCUT2D eigenvalue weighted by molar-refractivity contribution is -0.146. The van der Waals surface area contributed by atoms with Crippen molar-refractivity contribution in [2.24, 2.45) is 5.73 Å². The molecule has 0 fully saturated rings. The van der Waals surface area contributed by atoms with Crippen LogP contribution in [0.4, 0.5) is 0 Å². The molecule has 0 radical (unpaired) electrons. The lowest BCUT2D eigenvalue weighted by Gasteiger charge is -2.21. The first kappa shape index (κ1) is 15.4. The Morgan fingerprint density at radius 1 is 1.44 bits per heavy atom. The molecule has 3 nitrogen and oxygen atoms in total. The van der Waals surface area contributed by atoms with Crippen LogP contribution in [0.2, 0.25) is 0 Å². The van der Waals surface area contributed by atoms with Gasteiger partial charge in [-0.25, -0.2) is 0 Å². The fourth-order valence-electron chi connectivity index (χ4n) is 1.33. The zero-order valence-electron chi connectivity index (χ0n) is 9.20. The summed E-state index contributed by atoms with van der Waals surface area (Å²) in [5, 5.41) is 0. The van der Waals surface area contributed by atoms with Crippen molar-refractivity contribution in [3.8, 4) is 0 Å². The summed E-state index contributed by atoms with van der Waals surface area (Å²) in [6.45, 7) is 1.67. The number of esters is 1. The Bertz CT molecular complexity index is 352. The molecule has 2 N–H and O–H groups in total. The minimum atomic E-state index is -0.970. The first-order chi connectivity index (χ1) is 6.95. The maximum Gasteiger partial charge on any atom is 0.325 e.